The minimum Gasteiger partial charge on any atom is -0.368 e. The monoisotopic (exact) mass is 218 g/mol. The number of carbonyl (C=O) groups is 1. The van der Waals surface area contributed by atoms with Gasteiger partial charge in [0.15, 0.2) is 0 Å². The lowest BCUT2D eigenvalue weighted by molar-refractivity contribution is -0.119. The fourth-order valence-corrected chi connectivity index (χ4v) is 2.29. The molecule has 1 aliphatic heterocycles. The van der Waals surface area contributed by atoms with E-state index in [0.29, 0.717) is 0 Å². The Bertz CT molecular complexity index is 372. The Kier molecular flexibility index (Phi) is 3.13. The SMILES string of the molecule is CCc1ccc(N2CCC[C@H]2C(N)=O)cc1. The number of carbonyl (C=O) groups excluding carboxylic acids is 1. The van der Waals surface area contributed by atoms with Gasteiger partial charge in [0, 0.05) is 12.2 Å². The third kappa shape index (κ3) is 2.03. The molecule has 1 heterocycles. The molecule has 1 aromatic rings. The lowest BCUT2D eigenvalue weighted by Gasteiger charge is -2.24. The first-order valence-electron chi connectivity index (χ1n) is 5.87. The van der Waals surface area contributed by atoms with Crippen molar-refractivity contribution in [2.24, 2.45) is 5.73 Å². The second-order valence-electron chi connectivity index (χ2n) is 4.27. The number of nitrogens with zero attached hydrogens (tertiary/aromatic N) is 1. The van der Waals surface area contributed by atoms with Crippen molar-refractivity contribution >= 4 is 11.6 Å². The van der Waals surface area contributed by atoms with Gasteiger partial charge in [0.1, 0.15) is 6.04 Å². The predicted octanol–water partition coefficient (Wildman–Crippen LogP) is 1.70. The maximum atomic E-state index is 11.3. The maximum absolute atomic E-state index is 11.3. The molecule has 1 aliphatic rings. The van der Waals surface area contributed by atoms with Crippen LogP contribution < -0.4 is 10.6 Å². The quantitative estimate of drug-likeness (QED) is 0.839. The number of rotatable bonds is 3. The molecule has 0 spiro atoms. The van der Waals surface area contributed by atoms with Crippen molar-refractivity contribution in [3.63, 3.8) is 0 Å². The number of anilines is 1. The molecule has 0 radical (unpaired) electrons. The first-order chi connectivity index (χ1) is 7.72. The summed E-state index contributed by atoms with van der Waals surface area (Å²) in [5, 5.41) is 0. The highest BCUT2D eigenvalue weighted by atomic mass is 16.1. The molecule has 1 aromatic carbocycles. The van der Waals surface area contributed by atoms with Crippen LogP contribution in [-0.4, -0.2) is 18.5 Å². The van der Waals surface area contributed by atoms with E-state index in [-0.39, 0.29) is 11.9 Å². The molecule has 0 aromatic heterocycles. The van der Waals surface area contributed by atoms with E-state index in [1.165, 1.54) is 5.56 Å². The molecule has 3 heteroatoms. The van der Waals surface area contributed by atoms with Crippen LogP contribution in [-0.2, 0) is 11.2 Å². The van der Waals surface area contributed by atoms with Crippen molar-refractivity contribution in [2.75, 3.05) is 11.4 Å². The summed E-state index contributed by atoms with van der Waals surface area (Å²) >= 11 is 0. The van der Waals surface area contributed by atoms with Crippen molar-refractivity contribution in [1.29, 1.82) is 0 Å². The minimum absolute atomic E-state index is 0.118. The fourth-order valence-electron chi connectivity index (χ4n) is 2.29. The van der Waals surface area contributed by atoms with E-state index in [1.807, 2.05) is 0 Å². The molecule has 2 N–H and O–H groups in total. The molecule has 0 unspecified atom stereocenters. The normalized spacial score (nSPS) is 20.1. The zero-order valence-corrected chi connectivity index (χ0v) is 9.65. The second kappa shape index (κ2) is 4.56. The lowest BCUT2D eigenvalue weighted by Crippen LogP contribution is -2.40. The summed E-state index contributed by atoms with van der Waals surface area (Å²) in [4.78, 5) is 13.4. The minimum atomic E-state index is -0.211. The smallest absolute Gasteiger partial charge is 0.240 e. The third-order valence-electron chi connectivity index (χ3n) is 3.26. The molecule has 1 amide bonds. The van der Waals surface area contributed by atoms with E-state index in [2.05, 4.69) is 36.1 Å². The summed E-state index contributed by atoms with van der Waals surface area (Å²) < 4.78 is 0. The van der Waals surface area contributed by atoms with Gasteiger partial charge in [0.25, 0.3) is 0 Å². The zero-order chi connectivity index (χ0) is 11.5. The Labute approximate surface area is 96.2 Å². The van der Waals surface area contributed by atoms with Gasteiger partial charge in [-0.15, -0.1) is 0 Å². The molecule has 1 atom stereocenters. The van der Waals surface area contributed by atoms with Crippen LogP contribution in [0.5, 0.6) is 0 Å². The van der Waals surface area contributed by atoms with Gasteiger partial charge in [0.2, 0.25) is 5.91 Å². The Balaban J connectivity index is 2.19. The number of nitrogens with two attached hydrogens (primary N) is 1. The standard InChI is InChI=1S/C13H18N2O/c1-2-10-5-7-11(8-6-10)15-9-3-4-12(15)13(14)16/h5-8,12H,2-4,9H2,1H3,(H2,14,16)/t12-/m0/s1. The summed E-state index contributed by atoms with van der Waals surface area (Å²) in [7, 11) is 0. The first-order valence-corrected chi connectivity index (χ1v) is 5.87. The van der Waals surface area contributed by atoms with Crippen LogP contribution >= 0.6 is 0 Å². The maximum Gasteiger partial charge on any atom is 0.240 e. The largest absolute Gasteiger partial charge is 0.368 e. The van der Waals surface area contributed by atoms with E-state index >= 15 is 0 Å². The third-order valence-corrected chi connectivity index (χ3v) is 3.26. The van der Waals surface area contributed by atoms with Crippen molar-refractivity contribution in [1.82, 2.24) is 0 Å². The van der Waals surface area contributed by atoms with Crippen LogP contribution in [0.25, 0.3) is 0 Å². The van der Waals surface area contributed by atoms with Crippen LogP contribution in [0.3, 0.4) is 0 Å². The molecule has 1 fully saturated rings. The van der Waals surface area contributed by atoms with Crippen LogP contribution in [0, 0.1) is 0 Å². The number of benzene rings is 1. The molecule has 3 nitrogen and oxygen atoms in total. The highest BCUT2D eigenvalue weighted by Crippen LogP contribution is 2.25. The van der Waals surface area contributed by atoms with Gasteiger partial charge in [-0.1, -0.05) is 19.1 Å². The van der Waals surface area contributed by atoms with E-state index < -0.39 is 0 Å². The molecular formula is C13H18N2O. The van der Waals surface area contributed by atoms with Crippen molar-refractivity contribution < 1.29 is 4.79 Å². The van der Waals surface area contributed by atoms with Gasteiger partial charge in [-0.3, -0.25) is 4.79 Å². The van der Waals surface area contributed by atoms with Gasteiger partial charge in [0.05, 0.1) is 0 Å². The van der Waals surface area contributed by atoms with Crippen LogP contribution in [0.15, 0.2) is 24.3 Å². The number of aryl methyl sites for hydroxylation is 1. The molecular weight excluding hydrogens is 200 g/mol. The van der Waals surface area contributed by atoms with E-state index in [4.69, 9.17) is 5.73 Å². The zero-order valence-electron chi connectivity index (χ0n) is 9.65. The van der Waals surface area contributed by atoms with Gasteiger partial charge in [-0.25, -0.2) is 0 Å². The highest BCUT2D eigenvalue weighted by molar-refractivity contribution is 5.84. The first kappa shape index (κ1) is 11.0. The van der Waals surface area contributed by atoms with E-state index in [9.17, 15) is 4.79 Å². The molecule has 1 saturated heterocycles. The van der Waals surface area contributed by atoms with Crippen LogP contribution in [0.1, 0.15) is 25.3 Å². The predicted molar refractivity (Wildman–Crippen MR) is 65.4 cm³/mol. The average molecular weight is 218 g/mol. The van der Waals surface area contributed by atoms with Gasteiger partial charge in [-0.05, 0) is 37.0 Å². The van der Waals surface area contributed by atoms with E-state index in [1.54, 1.807) is 0 Å². The lowest BCUT2D eigenvalue weighted by atomic mass is 10.1. The van der Waals surface area contributed by atoms with Crippen molar-refractivity contribution in [3.8, 4) is 0 Å². The summed E-state index contributed by atoms with van der Waals surface area (Å²) in [6.45, 7) is 3.07. The number of amides is 1. The second-order valence-corrected chi connectivity index (χ2v) is 4.27. The topological polar surface area (TPSA) is 46.3 Å². The van der Waals surface area contributed by atoms with Crippen LogP contribution in [0.4, 0.5) is 5.69 Å². The molecule has 0 aliphatic carbocycles. The van der Waals surface area contributed by atoms with Crippen molar-refractivity contribution in [2.45, 2.75) is 32.2 Å². The molecule has 0 bridgehead atoms. The Morgan fingerprint density at radius 2 is 2.12 bits per heavy atom. The van der Waals surface area contributed by atoms with Crippen LogP contribution in [0.2, 0.25) is 0 Å². The molecule has 16 heavy (non-hydrogen) atoms. The summed E-state index contributed by atoms with van der Waals surface area (Å²) in [5.74, 6) is -0.211. The number of primary amides is 1. The highest BCUT2D eigenvalue weighted by Gasteiger charge is 2.28. The summed E-state index contributed by atoms with van der Waals surface area (Å²) in [6, 6.07) is 8.28. The average Bonchev–Trinajstić information content (AvgIpc) is 2.78. The number of hydrogen-bond acceptors (Lipinski definition) is 2. The molecule has 0 saturated carbocycles. The Morgan fingerprint density at radius 1 is 1.44 bits per heavy atom. The van der Waals surface area contributed by atoms with Crippen molar-refractivity contribution in [3.05, 3.63) is 29.8 Å². The molecule has 86 valence electrons. The van der Waals surface area contributed by atoms with Gasteiger partial charge >= 0.3 is 0 Å². The Morgan fingerprint density at radius 3 is 2.69 bits per heavy atom. The molecule has 2 rings (SSSR count). The summed E-state index contributed by atoms with van der Waals surface area (Å²) in [6.07, 6.45) is 2.97. The van der Waals surface area contributed by atoms with Gasteiger partial charge in [-0.2, -0.15) is 0 Å². The Hall–Kier alpha value is -1.51. The summed E-state index contributed by atoms with van der Waals surface area (Å²) in [5.41, 5.74) is 7.83. The van der Waals surface area contributed by atoms with E-state index in [0.717, 1.165) is 31.5 Å². The van der Waals surface area contributed by atoms with Gasteiger partial charge < -0.3 is 10.6 Å². The fraction of sp³-hybridized carbons (Fsp3) is 0.462. The number of hydrogen-bond donors (Lipinski definition) is 1.